The number of hydrogen-bond donors (Lipinski definition) is 1. The van der Waals surface area contributed by atoms with Crippen molar-refractivity contribution in [2.75, 3.05) is 0 Å². The first-order valence-corrected chi connectivity index (χ1v) is 21.7. The number of fused-ring (bicyclic) bond motifs is 1. The summed E-state index contributed by atoms with van der Waals surface area (Å²) in [6.45, 7) is 26.5. The van der Waals surface area contributed by atoms with Crippen molar-refractivity contribution in [1.82, 2.24) is 19.5 Å². The molecule has 6 heteroatoms. The third kappa shape index (κ3) is 9.09. The molecule has 1 N–H and O–H groups in total. The van der Waals surface area contributed by atoms with Crippen molar-refractivity contribution in [3.05, 3.63) is 162 Å². The fourth-order valence-electron chi connectivity index (χ4n) is 8.06. The maximum absolute atomic E-state index is 12.5. The summed E-state index contributed by atoms with van der Waals surface area (Å²) < 4.78 is 2.13. The molecule has 0 unspecified atom stereocenters. The summed E-state index contributed by atoms with van der Waals surface area (Å²) in [7, 11) is 0. The molecule has 0 aliphatic rings. The Morgan fingerprint density at radius 1 is 0.524 bits per heavy atom. The molecule has 8 rings (SSSR count). The van der Waals surface area contributed by atoms with Crippen molar-refractivity contribution in [3.8, 4) is 67.5 Å². The Morgan fingerprint density at radius 3 is 1.73 bits per heavy atom. The summed E-state index contributed by atoms with van der Waals surface area (Å²) in [4.78, 5) is 15.6. The molecule has 0 spiro atoms. The van der Waals surface area contributed by atoms with Crippen LogP contribution in [0.1, 0.15) is 105 Å². The predicted molar refractivity (Wildman–Crippen MR) is 258 cm³/mol. The summed E-state index contributed by atoms with van der Waals surface area (Å²) in [6, 6.07) is 49.9. The van der Waals surface area contributed by atoms with Gasteiger partial charge in [-0.1, -0.05) is 156 Å². The Balaban J connectivity index is 0.00000595. The van der Waals surface area contributed by atoms with Crippen LogP contribution in [0.2, 0.25) is 0 Å². The zero-order valence-corrected chi connectivity index (χ0v) is 40.9. The maximum Gasteiger partial charge on any atom is 2.00 e. The van der Waals surface area contributed by atoms with Crippen LogP contribution in [0.25, 0.3) is 72.9 Å². The Kier molecular flexibility index (Phi) is 12.1. The molecule has 0 fully saturated rings. The number of hydrogen-bond acceptors (Lipinski definition) is 4. The minimum atomic E-state index is -0.348. The van der Waals surface area contributed by atoms with Crippen molar-refractivity contribution < 1.29 is 26.2 Å². The Hall–Kier alpha value is -5.64. The van der Waals surface area contributed by atoms with Gasteiger partial charge in [0.05, 0.1) is 11.3 Å². The van der Waals surface area contributed by atoms with Gasteiger partial charge in [0.1, 0.15) is 23.4 Å². The van der Waals surface area contributed by atoms with Gasteiger partial charge in [-0.2, -0.15) is 35.9 Å². The summed E-state index contributed by atoms with van der Waals surface area (Å²) in [5.41, 5.74) is 14.0. The maximum atomic E-state index is 12.5. The molecule has 8 aromatic rings. The number of nitrogens with zero attached hydrogens (tertiary/aromatic N) is 4. The molecular formula is C57H58N4OPt. The number of benzene rings is 6. The number of rotatable bonds is 6. The second kappa shape index (κ2) is 16.8. The largest absolute Gasteiger partial charge is 2.00 e. The third-order valence-corrected chi connectivity index (χ3v) is 11.8. The van der Waals surface area contributed by atoms with Crippen LogP contribution in [0.15, 0.2) is 128 Å². The number of aromatic hydroxyl groups is 1. The van der Waals surface area contributed by atoms with Gasteiger partial charge >= 0.3 is 21.1 Å². The monoisotopic (exact) mass is 1010 g/mol. The average Bonchev–Trinajstić information content (AvgIpc) is 3.62. The van der Waals surface area contributed by atoms with Gasteiger partial charge < -0.3 is 5.11 Å². The molecule has 0 amide bonds. The molecule has 2 aromatic heterocycles. The van der Waals surface area contributed by atoms with E-state index in [4.69, 9.17) is 15.0 Å². The van der Waals surface area contributed by atoms with Gasteiger partial charge in [-0.15, -0.1) is 28.8 Å². The number of imidazole rings is 1. The van der Waals surface area contributed by atoms with E-state index >= 15 is 0 Å². The van der Waals surface area contributed by atoms with Gasteiger partial charge in [-0.05, 0) is 62.1 Å². The van der Waals surface area contributed by atoms with E-state index in [0.29, 0.717) is 28.2 Å². The molecule has 0 atom stereocenters. The van der Waals surface area contributed by atoms with E-state index in [1.54, 1.807) is 6.33 Å². The summed E-state index contributed by atoms with van der Waals surface area (Å²) in [5, 5.41) is 12.5. The molecule has 0 aliphatic heterocycles. The first-order valence-electron chi connectivity index (χ1n) is 21.7. The minimum absolute atomic E-state index is 0. The van der Waals surface area contributed by atoms with Crippen LogP contribution in [0.5, 0.6) is 5.75 Å². The molecule has 2 heterocycles. The van der Waals surface area contributed by atoms with Gasteiger partial charge in [0.15, 0.2) is 5.65 Å². The Labute approximate surface area is 389 Å². The van der Waals surface area contributed by atoms with Crippen molar-refractivity contribution in [1.29, 1.82) is 0 Å². The van der Waals surface area contributed by atoms with E-state index < -0.39 is 0 Å². The van der Waals surface area contributed by atoms with Gasteiger partial charge in [0.25, 0.3) is 0 Å². The quantitative estimate of drug-likeness (QED) is 0.169. The number of phenolic OH excluding ortho intramolecular Hbond substituents is 1. The van der Waals surface area contributed by atoms with Crippen molar-refractivity contribution in [2.45, 2.75) is 105 Å². The molecule has 63 heavy (non-hydrogen) atoms. The van der Waals surface area contributed by atoms with Crippen LogP contribution in [-0.4, -0.2) is 24.6 Å². The predicted octanol–water partition coefficient (Wildman–Crippen LogP) is 14.6. The Bertz CT molecular complexity index is 2940. The molecule has 0 saturated carbocycles. The van der Waals surface area contributed by atoms with Gasteiger partial charge in [0, 0.05) is 16.8 Å². The van der Waals surface area contributed by atoms with E-state index in [1.807, 2.05) is 18.2 Å². The molecule has 0 radical (unpaired) electrons. The van der Waals surface area contributed by atoms with Crippen LogP contribution < -0.4 is 0 Å². The first-order chi connectivity index (χ1) is 29.2. The molecule has 322 valence electrons. The second-order valence-electron chi connectivity index (χ2n) is 20.7. The fourth-order valence-corrected chi connectivity index (χ4v) is 8.06. The minimum Gasteiger partial charge on any atom is -0.507 e. The molecule has 5 nitrogen and oxygen atoms in total. The van der Waals surface area contributed by atoms with Crippen molar-refractivity contribution in [2.24, 2.45) is 0 Å². The van der Waals surface area contributed by atoms with Gasteiger partial charge in [-0.3, -0.25) is 9.55 Å². The van der Waals surface area contributed by atoms with Crippen molar-refractivity contribution >= 4 is 11.2 Å². The van der Waals surface area contributed by atoms with E-state index in [9.17, 15) is 5.11 Å². The molecule has 0 bridgehead atoms. The fraction of sp³-hybridized carbons (Fsp3) is 0.281. The second-order valence-corrected chi connectivity index (χ2v) is 20.7. The summed E-state index contributed by atoms with van der Waals surface area (Å²) >= 11 is 0. The van der Waals surface area contributed by atoms with Gasteiger partial charge in [0.2, 0.25) is 0 Å². The summed E-state index contributed by atoms with van der Waals surface area (Å²) in [6.07, 6.45) is 1.64. The number of phenols is 1. The topological polar surface area (TPSA) is 63.8 Å². The Morgan fingerprint density at radius 2 is 1.11 bits per heavy atom. The van der Waals surface area contributed by atoms with E-state index in [1.165, 1.54) is 5.56 Å². The van der Waals surface area contributed by atoms with Crippen LogP contribution in [-0.2, 0) is 42.7 Å². The van der Waals surface area contributed by atoms with Crippen LogP contribution in [0.4, 0.5) is 0 Å². The zero-order chi connectivity index (χ0) is 44.4. The smallest absolute Gasteiger partial charge is 0.507 e. The zero-order valence-electron chi connectivity index (χ0n) is 38.7. The molecular weight excluding hydrogens is 952 g/mol. The number of aromatic nitrogens is 4. The molecule has 6 aromatic carbocycles. The summed E-state index contributed by atoms with van der Waals surface area (Å²) in [5.74, 6) is 0.800. The standard InChI is InChI=1S/C57H58N4O.Pt/c1-54(2,3)42-26-27-48(45(32-42)37-22-17-14-18-23-37)61-52(46-33-44(56(7,8)9)34-47(51(46)62)57(10,11)12)60-50-49(58-35-59-53(50)61)41-29-40(30-43(31-41)55(4,5)6)39-25-19-24-38(28-39)36-20-15-13-16-21-36;/h13-24,26-28,30-35,62H,1-12H3;/q-2;+2. The van der Waals surface area contributed by atoms with Crippen LogP contribution >= 0.6 is 0 Å². The van der Waals surface area contributed by atoms with E-state index in [0.717, 1.165) is 61.3 Å². The van der Waals surface area contributed by atoms with E-state index in [2.05, 4.69) is 203 Å². The third-order valence-electron chi connectivity index (χ3n) is 11.8. The van der Waals surface area contributed by atoms with Crippen LogP contribution in [0, 0.1) is 12.1 Å². The average molecular weight is 1010 g/mol. The van der Waals surface area contributed by atoms with Crippen LogP contribution in [0.3, 0.4) is 0 Å². The normalized spacial score (nSPS) is 12.4. The first kappa shape index (κ1) is 45.4. The molecule has 0 saturated heterocycles. The SMILES string of the molecule is CC(C)(C)c1cc(-c2[c-]ccc(-c3ccccc3)c2)[c-]c(-c2ncnc3c2nc(-c2cc(C(C)(C)C)cc(C(C)(C)C)c2O)n3-c2ccc(C(C)(C)C)cc2-c2ccccc2)c1.[Pt+2]. The van der Waals surface area contributed by atoms with Gasteiger partial charge in [-0.25, -0.2) is 15.5 Å². The van der Waals surface area contributed by atoms with E-state index in [-0.39, 0.29) is 48.5 Å². The molecule has 0 aliphatic carbocycles. The van der Waals surface area contributed by atoms with Crippen molar-refractivity contribution in [3.63, 3.8) is 0 Å².